The second-order valence-electron chi connectivity index (χ2n) is 5.34. The van der Waals surface area contributed by atoms with E-state index in [1.807, 2.05) is 12.4 Å². The lowest BCUT2D eigenvalue weighted by Crippen LogP contribution is -2.18. The van der Waals surface area contributed by atoms with Crippen LogP contribution in [0.15, 0.2) is 55.0 Å². The molecule has 0 aliphatic heterocycles. The summed E-state index contributed by atoms with van der Waals surface area (Å²) >= 11 is 0. The monoisotopic (exact) mass is 265 g/mol. The molecule has 0 bridgehead atoms. The van der Waals surface area contributed by atoms with Crippen LogP contribution in [-0.4, -0.2) is 15.6 Å². The van der Waals surface area contributed by atoms with Gasteiger partial charge in [-0.25, -0.2) is 0 Å². The van der Waals surface area contributed by atoms with Gasteiger partial charge in [-0.05, 0) is 48.1 Å². The fourth-order valence-electron chi connectivity index (χ4n) is 2.67. The highest BCUT2D eigenvalue weighted by Gasteiger charge is 2.08. The number of aromatic nitrogens is 2. The Hall–Kier alpha value is -2.13. The first-order chi connectivity index (χ1) is 9.74. The van der Waals surface area contributed by atoms with Gasteiger partial charge in [-0.2, -0.15) is 0 Å². The van der Waals surface area contributed by atoms with Gasteiger partial charge < -0.3 is 10.3 Å². The molecule has 2 N–H and O–H groups in total. The van der Waals surface area contributed by atoms with Crippen molar-refractivity contribution >= 4 is 10.9 Å². The molecule has 1 atom stereocenters. The highest BCUT2D eigenvalue weighted by Crippen LogP contribution is 2.22. The van der Waals surface area contributed by atoms with Crippen molar-refractivity contribution in [3.05, 3.63) is 66.1 Å². The number of fused-ring (bicyclic) bond motifs is 1. The second kappa shape index (κ2) is 5.47. The zero-order valence-electron chi connectivity index (χ0n) is 11.7. The van der Waals surface area contributed by atoms with E-state index < -0.39 is 0 Å². The van der Waals surface area contributed by atoms with E-state index in [-0.39, 0.29) is 6.04 Å². The minimum atomic E-state index is 0.171. The molecule has 2 aromatic heterocycles. The fourth-order valence-corrected chi connectivity index (χ4v) is 2.67. The normalized spacial score (nSPS) is 12.7. The Balaban J connectivity index is 2.03. The minimum absolute atomic E-state index is 0.171. The Morgan fingerprint density at radius 3 is 2.70 bits per heavy atom. The van der Waals surface area contributed by atoms with Crippen molar-refractivity contribution in [3.8, 4) is 0 Å². The van der Waals surface area contributed by atoms with Crippen LogP contribution in [0.2, 0.25) is 0 Å². The lowest BCUT2D eigenvalue weighted by molar-refractivity contribution is 0.734. The van der Waals surface area contributed by atoms with Crippen molar-refractivity contribution in [2.75, 3.05) is 0 Å². The van der Waals surface area contributed by atoms with Crippen LogP contribution in [0.3, 0.4) is 0 Å². The molecule has 3 aromatic rings. The van der Waals surface area contributed by atoms with Crippen LogP contribution in [0.4, 0.5) is 0 Å². The Kier molecular flexibility index (Phi) is 3.52. The molecule has 0 aliphatic carbocycles. The molecule has 3 rings (SSSR count). The van der Waals surface area contributed by atoms with E-state index in [9.17, 15) is 0 Å². The number of para-hydroxylation sites is 1. The Morgan fingerprint density at radius 1 is 1.15 bits per heavy atom. The predicted molar refractivity (Wildman–Crippen MR) is 82.6 cm³/mol. The lowest BCUT2D eigenvalue weighted by atomic mass is 10.0. The largest absolute Gasteiger partial charge is 0.343 e. The van der Waals surface area contributed by atoms with Gasteiger partial charge >= 0.3 is 0 Å². The summed E-state index contributed by atoms with van der Waals surface area (Å²) in [5, 5.41) is 1.28. The molecule has 3 heteroatoms. The molecule has 1 aromatic carbocycles. The maximum Gasteiger partial charge on any atom is 0.0516 e. The van der Waals surface area contributed by atoms with Gasteiger partial charge in [0.25, 0.3) is 0 Å². The van der Waals surface area contributed by atoms with Crippen LogP contribution in [-0.2, 0) is 13.0 Å². The van der Waals surface area contributed by atoms with Gasteiger partial charge in [0.05, 0.1) is 5.52 Å². The smallest absolute Gasteiger partial charge is 0.0516 e. The molecule has 20 heavy (non-hydrogen) atoms. The summed E-state index contributed by atoms with van der Waals surface area (Å²) in [4.78, 5) is 4.07. The molecule has 102 valence electrons. The zero-order chi connectivity index (χ0) is 13.9. The van der Waals surface area contributed by atoms with Crippen LogP contribution in [0, 0.1) is 0 Å². The van der Waals surface area contributed by atoms with Crippen LogP contribution >= 0.6 is 0 Å². The first-order valence-corrected chi connectivity index (χ1v) is 6.95. The Bertz CT molecular complexity index is 699. The summed E-state index contributed by atoms with van der Waals surface area (Å²) in [7, 11) is 0. The summed E-state index contributed by atoms with van der Waals surface area (Å²) in [6.07, 6.45) is 6.72. The van der Waals surface area contributed by atoms with E-state index in [1.54, 1.807) is 0 Å². The second-order valence-corrected chi connectivity index (χ2v) is 5.34. The van der Waals surface area contributed by atoms with Crippen molar-refractivity contribution in [3.63, 3.8) is 0 Å². The summed E-state index contributed by atoms with van der Waals surface area (Å²) in [6, 6.07) is 12.9. The average Bonchev–Trinajstić information content (AvgIpc) is 2.84. The van der Waals surface area contributed by atoms with Crippen molar-refractivity contribution in [1.29, 1.82) is 0 Å². The van der Waals surface area contributed by atoms with Crippen LogP contribution in [0.5, 0.6) is 0 Å². The van der Waals surface area contributed by atoms with E-state index in [0.29, 0.717) is 0 Å². The summed E-state index contributed by atoms with van der Waals surface area (Å²) < 4.78 is 2.29. The lowest BCUT2D eigenvalue weighted by Gasteiger charge is -2.11. The third kappa shape index (κ3) is 2.58. The van der Waals surface area contributed by atoms with E-state index in [1.165, 1.54) is 22.0 Å². The van der Waals surface area contributed by atoms with Crippen molar-refractivity contribution in [2.24, 2.45) is 5.73 Å². The molecule has 0 spiro atoms. The summed E-state index contributed by atoms with van der Waals surface area (Å²) in [5.74, 6) is 0. The number of nitrogens with two attached hydrogens (primary N) is 1. The molecule has 1 unspecified atom stereocenters. The first kappa shape index (κ1) is 12.9. The van der Waals surface area contributed by atoms with Gasteiger partial charge in [0, 0.05) is 31.2 Å². The van der Waals surface area contributed by atoms with Gasteiger partial charge in [-0.3, -0.25) is 4.98 Å². The highest BCUT2D eigenvalue weighted by molar-refractivity contribution is 5.83. The topological polar surface area (TPSA) is 43.8 Å². The SMILES string of the molecule is CC(N)Cc1cccc2ccn(Cc3ccncc3)c12. The van der Waals surface area contributed by atoms with Gasteiger partial charge in [0.2, 0.25) is 0 Å². The number of pyridine rings is 1. The number of hydrogen-bond donors (Lipinski definition) is 1. The number of rotatable bonds is 4. The first-order valence-electron chi connectivity index (χ1n) is 6.95. The molecular formula is C17H19N3. The number of nitrogens with zero attached hydrogens (tertiary/aromatic N) is 2. The maximum atomic E-state index is 5.97. The third-order valence-electron chi connectivity index (χ3n) is 3.52. The number of hydrogen-bond acceptors (Lipinski definition) is 2. The van der Waals surface area contributed by atoms with Gasteiger partial charge in [0.1, 0.15) is 0 Å². The Morgan fingerprint density at radius 2 is 1.95 bits per heavy atom. The molecule has 3 nitrogen and oxygen atoms in total. The average molecular weight is 265 g/mol. The molecular weight excluding hydrogens is 246 g/mol. The predicted octanol–water partition coefficient (Wildman–Crippen LogP) is 2.97. The molecule has 0 amide bonds. The zero-order valence-corrected chi connectivity index (χ0v) is 11.7. The molecule has 2 heterocycles. The minimum Gasteiger partial charge on any atom is -0.343 e. The van der Waals surface area contributed by atoms with Crippen molar-refractivity contribution in [2.45, 2.75) is 25.9 Å². The third-order valence-corrected chi connectivity index (χ3v) is 3.52. The van der Waals surface area contributed by atoms with Crippen molar-refractivity contribution < 1.29 is 0 Å². The summed E-state index contributed by atoms with van der Waals surface area (Å²) in [5.41, 5.74) is 9.84. The molecule has 0 radical (unpaired) electrons. The van der Waals surface area contributed by atoms with Gasteiger partial charge in [0.15, 0.2) is 0 Å². The summed E-state index contributed by atoms with van der Waals surface area (Å²) in [6.45, 7) is 2.91. The van der Waals surface area contributed by atoms with Crippen molar-refractivity contribution in [1.82, 2.24) is 9.55 Å². The van der Waals surface area contributed by atoms with Crippen LogP contribution in [0.25, 0.3) is 10.9 Å². The van der Waals surface area contributed by atoms with E-state index in [0.717, 1.165) is 13.0 Å². The van der Waals surface area contributed by atoms with E-state index >= 15 is 0 Å². The van der Waals surface area contributed by atoms with E-state index in [4.69, 9.17) is 5.73 Å². The van der Waals surface area contributed by atoms with E-state index in [2.05, 4.69) is 59.1 Å². The fraction of sp³-hybridized carbons (Fsp3) is 0.235. The molecule has 0 saturated carbocycles. The molecule has 0 saturated heterocycles. The van der Waals surface area contributed by atoms with Crippen LogP contribution < -0.4 is 5.73 Å². The quantitative estimate of drug-likeness (QED) is 0.788. The molecule has 0 fully saturated rings. The standard InChI is InChI=1S/C17H19N3/c1-13(18)11-16-4-2-3-15-7-10-20(17(15)16)12-14-5-8-19-9-6-14/h2-10,13H,11-12,18H2,1H3. The maximum absolute atomic E-state index is 5.97. The molecule has 0 aliphatic rings. The Labute approximate surface area is 119 Å². The highest BCUT2D eigenvalue weighted by atomic mass is 15.0. The van der Waals surface area contributed by atoms with Gasteiger partial charge in [-0.1, -0.05) is 18.2 Å². The van der Waals surface area contributed by atoms with Crippen LogP contribution in [0.1, 0.15) is 18.1 Å². The van der Waals surface area contributed by atoms with Gasteiger partial charge in [-0.15, -0.1) is 0 Å². The number of benzene rings is 1.